The minimum Gasteiger partial charge on any atom is -0.493 e. The van der Waals surface area contributed by atoms with Gasteiger partial charge in [0.15, 0.2) is 34.6 Å². The maximum Gasteiger partial charge on any atom is 0.416 e. The van der Waals surface area contributed by atoms with Gasteiger partial charge in [0.1, 0.15) is 18.7 Å². The highest BCUT2D eigenvalue weighted by molar-refractivity contribution is 7.86. The summed E-state index contributed by atoms with van der Waals surface area (Å²) in [6.45, 7) is 12.6. The van der Waals surface area contributed by atoms with Crippen molar-refractivity contribution in [2.24, 2.45) is 5.73 Å². The van der Waals surface area contributed by atoms with Gasteiger partial charge < -0.3 is 70.3 Å². The number of rotatable bonds is 28. The molecule has 0 aliphatic carbocycles. The maximum atomic E-state index is 14.3. The molecule has 4 aliphatic heterocycles. The molecular weight excluding hydrogens is 1140 g/mol. The molecule has 87 heavy (non-hydrogen) atoms. The predicted octanol–water partition coefficient (Wildman–Crippen LogP) is 6.08. The number of nitrogens with one attached hydrogen (secondary N) is 4. The Morgan fingerprint density at radius 3 is 1.99 bits per heavy atom. The Kier molecular flexibility index (Phi) is 21.9. The first-order chi connectivity index (χ1) is 41.7. The number of hydrogen-bond donors (Lipinski definition) is 7. The number of anilines is 3. The third-order valence-corrected chi connectivity index (χ3v) is 16.4. The molecule has 0 radical (unpaired) electrons. The summed E-state index contributed by atoms with van der Waals surface area (Å²) >= 11 is 0. The van der Waals surface area contributed by atoms with Crippen LogP contribution in [0.4, 0.5) is 21.9 Å². The van der Waals surface area contributed by atoms with Crippen LogP contribution in [0.25, 0.3) is 0 Å². The molecule has 24 nitrogen and oxygen atoms in total. The highest BCUT2D eigenvalue weighted by atomic mass is 32.2. The number of carbonyl (C=O) groups is 6. The van der Waals surface area contributed by atoms with E-state index in [1.807, 2.05) is 44.2 Å². The topological polar surface area (TPSA) is 316 Å². The molecule has 4 aromatic carbocycles. The van der Waals surface area contributed by atoms with E-state index in [2.05, 4.69) is 34.4 Å². The van der Waals surface area contributed by atoms with Crippen LogP contribution in [0.3, 0.4) is 0 Å². The van der Waals surface area contributed by atoms with E-state index in [0.29, 0.717) is 61.0 Å². The van der Waals surface area contributed by atoms with Gasteiger partial charge in [-0.3, -0.25) is 28.5 Å². The molecule has 4 aliphatic rings. The van der Waals surface area contributed by atoms with E-state index in [1.165, 1.54) is 48.3 Å². The summed E-state index contributed by atoms with van der Waals surface area (Å²) in [5, 5.41) is 21.9. The van der Waals surface area contributed by atoms with Crippen molar-refractivity contribution >= 4 is 62.8 Å². The lowest BCUT2D eigenvalue weighted by atomic mass is 10.0. The molecule has 8 N–H and O–H groups in total. The molecule has 6 unspecified atom stereocenters. The summed E-state index contributed by atoms with van der Waals surface area (Å²) in [6.07, 6.45) is 1.07. The highest BCUT2D eigenvalue weighted by Gasteiger charge is 2.48. The smallest absolute Gasteiger partial charge is 0.416 e. The molecule has 6 atom stereocenters. The minimum atomic E-state index is -4.65. The van der Waals surface area contributed by atoms with Gasteiger partial charge in [-0.05, 0) is 107 Å². The Morgan fingerprint density at radius 1 is 0.736 bits per heavy atom. The summed E-state index contributed by atoms with van der Waals surface area (Å²) in [7, 11) is -1.82. The van der Waals surface area contributed by atoms with E-state index in [9.17, 15) is 46.8 Å². The molecule has 0 bridgehead atoms. The van der Waals surface area contributed by atoms with Crippen LogP contribution in [0.15, 0.2) is 103 Å². The Hall–Kier alpha value is -8.23. The number of methoxy groups -OCH3 is 2. The summed E-state index contributed by atoms with van der Waals surface area (Å²) in [6, 6.07) is 17.9. The molecule has 4 heterocycles. The van der Waals surface area contributed by atoms with Gasteiger partial charge in [-0.1, -0.05) is 66.8 Å². The molecule has 6 amide bonds. The molecule has 0 aromatic heterocycles. The molecule has 468 valence electrons. The van der Waals surface area contributed by atoms with Gasteiger partial charge in [0.05, 0.1) is 74.7 Å². The molecule has 25 heteroatoms. The number of ether oxygens (including phenoxy) is 6. The van der Waals surface area contributed by atoms with Gasteiger partial charge in [0.2, 0.25) is 17.7 Å². The molecule has 0 spiro atoms. The summed E-state index contributed by atoms with van der Waals surface area (Å²) in [5.74, 6) is -1.45. The molecular formula is C62H78N8O16S. The largest absolute Gasteiger partial charge is 0.493 e. The summed E-state index contributed by atoms with van der Waals surface area (Å²) in [4.78, 5) is 86.9. The van der Waals surface area contributed by atoms with Crippen molar-refractivity contribution in [3.05, 3.63) is 125 Å². The van der Waals surface area contributed by atoms with Crippen LogP contribution in [0.2, 0.25) is 0 Å². The fraction of sp³-hybridized carbons (Fsp3) is 0.452. The third-order valence-electron chi connectivity index (χ3n) is 15.4. The number of carbonyl (C=O) groups excluding carboxylic acids is 6. The van der Waals surface area contributed by atoms with Crippen molar-refractivity contribution in [3.8, 4) is 23.0 Å². The maximum absolute atomic E-state index is 14.3. The number of amides is 6. The van der Waals surface area contributed by atoms with Crippen LogP contribution in [-0.2, 0) is 47.0 Å². The van der Waals surface area contributed by atoms with Crippen LogP contribution >= 0.6 is 0 Å². The van der Waals surface area contributed by atoms with Crippen molar-refractivity contribution in [3.63, 3.8) is 0 Å². The second kappa shape index (κ2) is 29.4. The van der Waals surface area contributed by atoms with Crippen LogP contribution in [0.1, 0.15) is 103 Å². The van der Waals surface area contributed by atoms with Crippen molar-refractivity contribution in [1.29, 1.82) is 0 Å². The standard InChI is InChI=1S/C62H78N8O16S/c1-37(2)83-26-22-55(71)65-47(29-40-15-9-7-10-16-40)57(73)66-45(17-11-12-23-63)56(72)64-42-20-18-41(19-21-42)36-86-62(77)70-48-33-54(52(82-6)31-44(48)60(75)69-35-39(4)28-50(69)61(70)76)85-25-14-8-13-24-84-53-32-46-43(30-51(53)81-5)59(74)68-34-38(3)27-49(68)58(67-46)87(78,79)80/h7,9-10,15-16,18-21,30-33,37,45,47,49-50,58,61,67,76H,3-4,8,11-14,17,22-29,34-36,63H2,1-2,5-6H3,(H,64,72)(H,65,71)(H,66,73)(H,78,79,80). The Labute approximate surface area is 506 Å². The van der Waals surface area contributed by atoms with Gasteiger partial charge in [0.25, 0.3) is 21.9 Å². The average Bonchev–Trinajstić information content (AvgIpc) is 1.79. The number of nitrogens with two attached hydrogens (primary N) is 1. The average molecular weight is 1220 g/mol. The van der Waals surface area contributed by atoms with E-state index < -0.39 is 75.6 Å². The third kappa shape index (κ3) is 16.2. The van der Waals surface area contributed by atoms with Crippen LogP contribution < -0.4 is 50.8 Å². The van der Waals surface area contributed by atoms with Crippen LogP contribution in [0, 0.1) is 0 Å². The zero-order valence-electron chi connectivity index (χ0n) is 49.4. The number of benzene rings is 4. The molecule has 2 saturated heterocycles. The molecule has 8 rings (SSSR count). The second-order valence-corrected chi connectivity index (χ2v) is 23.7. The van der Waals surface area contributed by atoms with Gasteiger partial charge in [-0.25, -0.2) is 9.69 Å². The lowest BCUT2D eigenvalue weighted by Gasteiger charge is -2.31. The lowest BCUT2D eigenvalue weighted by molar-refractivity contribution is -0.131. The van der Waals surface area contributed by atoms with Gasteiger partial charge in [-0.2, -0.15) is 8.42 Å². The van der Waals surface area contributed by atoms with E-state index in [-0.39, 0.29) is 129 Å². The molecule has 4 aromatic rings. The van der Waals surface area contributed by atoms with Crippen molar-refractivity contribution < 1.29 is 75.3 Å². The van der Waals surface area contributed by atoms with Crippen molar-refractivity contribution in [1.82, 2.24) is 20.4 Å². The number of nitrogens with zero attached hydrogens (tertiary/aromatic N) is 3. The highest BCUT2D eigenvalue weighted by Crippen LogP contribution is 2.43. The Balaban J connectivity index is 0.895. The van der Waals surface area contributed by atoms with Crippen molar-refractivity contribution in [2.75, 3.05) is 69.2 Å². The summed E-state index contributed by atoms with van der Waals surface area (Å²) in [5.41, 5.74) is 9.22. The first-order valence-electron chi connectivity index (χ1n) is 29.0. The van der Waals surface area contributed by atoms with Gasteiger partial charge >= 0.3 is 6.09 Å². The fourth-order valence-corrected chi connectivity index (χ4v) is 11.8. The number of unbranched alkanes of at least 4 members (excludes halogenated alkanes) is 3. The lowest BCUT2D eigenvalue weighted by Crippen LogP contribution is -2.53. The van der Waals surface area contributed by atoms with Gasteiger partial charge in [-0.15, -0.1) is 0 Å². The van der Waals surface area contributed by atoms with E-state index >= 15 is 0 Å². The zero-order chi connectivity index (χ0) is 62.5. The first kappa shape index (κ1) is 64.8. The second-order valence-electron chi connectivity index (χ2n) is 22.2. The normalized spacial score (nSPS) is 18.7. The monoisotopic (exact) mass is 1220 g/mol. The SMILES string of the molecule is C=C1CC2C(O)N(C(=O)OCc3ccc(NC(=O)C(CCCCN)NC(=O)C(Cc4ccccc4)NC(=O)CCOC(C)C)cc3)c3cc(OCCCCCOc4cc5c(cc4OC)C(=O)N4CC(=C)CC4C(S(=O)(=O)O)N5)c(OC)cc3C(=O)N2C1. The van der Waals surface area contributed by atoms with E-state index in [1.54, 1.807) is 24.3 Å². The Bertz CT molecular complexity index is 3290. The molecule has 2 fully saturated rings. The zero-order valence-corrected chi connectivity index (χ0v) is 50.2. The number of aliphatic hydroxyl groups is 1. The quantitative estimate of drug-likeness (QED) is 0.0192. The minimum absolute atomic E-state index is 0.0255. The van der Waals surface area contributed by atoms with Crippen LogP contribution in [-0.4, -0.2) is 159 Å². The number of hydrogen-bond acceptors (Lipinski definition) is 17. The fourth-order valence-electron chi connectivity index (χ4n) is 10.9. The first-order valence-corrected chi connectivity index (χ1v) is 30.5. The number of aliphatic hydroxyl groups excluding tert-OH is 1. The summed E-state index contributed by atoms with van der Waals surface area (Å²) < 4.78 is 70.1. The van der Waals surface area contributed by atoms with Gasteiger partial charge in [0, 0.05) is 43.8 Å². The van der Waals surface area contributed by atoms with E-state index in [4.69, 9.17) is 34.2 Å². The Morgan fingerprint density at radius 2 is 1.36 bits per heavy atom. The molecule has 0 saturated carbocycles. The van der Waals surface area contributed by atoms with E-state index in [0.717, 1.165) is 10.5 Å². The van der Waals surface area contributed by atoms with Crippen LogP contribution in [0.5, 0.6) is 23.0 Å². The number of fused-ring (bicyclic) bond motifs is 4. The van der Waals surface area contributed by atoms with Crippen molar-refractivity contribution in [2.45, 2.75) is 127 Å². The predicted molar refractivity (Wildman–Crippen MR) is 323 cm³/mol.